The molecule has 2 N–H and O–H groups in total. The minimum Gasteiger partial charge on any atom is -0.494 e. The van der Waals surface area contributed by atoms with Crippen LogP contribution in [0.25, 0.3) is 0 Å². The number of urea groups is 1. The molecule has 0 bridgehead atoms. The van der Waals surface area contributed by atoms with Crippen LogP contribution in [0.1, 0.15) is 57.9 Å². The monoisotopic (exact) mass is 401 g/mol. The van der Waals surface area contributed by atoms with Gasteiger partial charge < -0.3 is 15.4 Å². The predicted octanol–water partition coefficient (Wildman–Crippen LogP) is 2.98. The number of rotatable bonds is 8. The van der Waals surface area contributed by atoms with Crippen LogP contribution in [-0.2, 0) is 16.1 Å². The number of benzene rings is 1. The average Bonchev–Trinajstić information content (AvgIpc) is 2.94. The first kappa shape index (κ1) is 21.1. The summed E-state index contributed by atoms with van der Waals surface area (Å²) in [5.74, 6) is 0.228. The predicted molar refractivity (Wildman–Crippen MR) is 109 cm³/mol. The standard InChI is InChI=1S/C22H31N3O4/c1-3-4-12-29-18-10-7-9-17(13-18)14-23-19(26)15-25-20(27)22(24-21(25)28)11-6-5-8-16(22)2/h7,9-10,13,16H,3-6,8,11-12,14-15H2,1-2H3,(H,23,26)(H,24,28). The summed E-state index contributed by atoms with van der Waals surface area (Å²) in [6, 6.07) is 7.10. The molecule has 2 unspecified atom stereocenters. The smallest absolute Gasteiger partial charge is 0.325 e. The Kier molecular flexibility index (Phi) is 6.77. The van der Waals surface area contributed by atoms with E-state index in [1.54, 1.807) is 0 Å². The third kappa shape index (κ3) is 4.71. The van der Waals surface area contributed by atoms with Crippen molar-refractivity contribution in [3.05, 3.63) is 29.8 Å². The van der Waals surface area contributed by atoms with Crippen molar-refractivity contribution in [2.45, 2.75) is 64.5 Å². The molecule has 0 radical (unpaired) electrons. The molecule has 1 saturated heterocycles. The lowest BCUT2D eigenvalue weighted by atomic mass is 9.73. The molecular formula is C22H31N3O4. The van der Waals surface area contributed by atoms with Gasteiger partial charge in [0.15, 0.2) is 0 Å². The molecule has 2 atom stereocenters. The van der Waals surface area contributed by atoms with E-state index in [4.69, 9.17) is 4.74 Å². The fourth-order valence-electron chi connectivity index (χ4n) is 4.12. The van der Waals surface area contributed by atoms with E-state index in [0.717, 1.165) is 48.3 Å². The summed E-state index contributed by atoms with van der Waals surface area (Å²) in [5.41, 5.74) is 0.0710. The number of ether oxygens (including phenoxy) is 1. The molecular weight excluding hydrogens is 370 g/mol. The van der Waals surface area contributed by atoms with E-state index in [-0.39, 0.29) is 24.3 Å². The van der Waals surface area contributed by atoms with Crippen LogP contribution < -0.4 is 15.4 Å². The van der Waals surface area contributed by atoms with Crippen LogP contribution in [0.15, 0.2) is 24.3 Å². The molecule has 1 spiro atoms. The van der Waals surface area contributed by atoms with Crippen LogP contribution in [-0.4, -0.2) is 41.4 Å². The van der Waals surface area contributed by atoms with Crippen molar-refractivity contribution in [3.63, 3.8) is 0 Å². The van der Waals surface area contributed by atoms with Gasteiger partial charge in [-0.1, -0.05) is 45.2 Å². The van der Waals surface area contributed by atoms with Gasteiger partial charge >= 0.3 is 6.03 Å². The van der Waals surface area contributed by atoms with E-state index in [1.165, 1.54) is 0 Å². The summed E-state index contributed by atoms with van der Waals surface area (Å²) in [5, 5.41) is 5.67. The number of unbranched alkanes of at least 4 members (excludes halogenated alkanes) is 1. The highest BCUT2D eigenvalue weighted by atomic mass is 16.5. The van der Waals surface area contributed by atoms with Gasteiger partial charge in [0.1, 0.15) is 17.8 Å². The van der Waals surface area contributed by atoms with E-state index in [9.17, 15) is 14.4 Å². The second kappa shape index (κ2) is 9.29. The van der Waals surface area contributed by atoms with Gasteiger partial charge in [-0.05, 0) is 42.9 Å². The lowest BCUT2D eigenvalue weighted by Crippen LogP contribution is -2.54. The highest BCUT2D eigenvalue weighted by Gasteiger charge is 2.55. The van der Waals surface area contributed by atoms with Gasteiger partial charge in [0.05, 0.1) is 6.61 Å². The maximum Gasteiger partial charge on any atom is 0.325 e. The first-order valence-corrected chi connectivity index (χ1v) is 10.6. The van der Waals surface area contributed by atoms with Crippen LogP contribution in [0.3, 0.4) is 0 Å². The number of hydrogen-bond donors (Lipinski definition) is 2. The van der Waals surface area contributed by atoms with Crippen LogP contribution in [0.4, 0.5) is 4.79 Å². The van der Waals surface area contributed by atoms with Crippen molar-refractivity contribution < 1.29 is 19.1 Å². The van der Waals surface area contributed by atoms with Gasteiger partial charge in [-0.3, -0.25) is 14.5 Å². The van der Waals surface area contributed by atoms with E-state index >= 15 is 0 Å². The van der Waals surface area contributed by atoms with Gasteiger partial charge in [0.25, 0.3) is 5.91 Å². The van der Waals surface area contributed by atoms with E-state index in [1.807, 2.05) is 31.2 Å². The molecule has 2 fully saturated rings. The normalized spacial score (nSPS) is 23.9. The highest BCUT2D eigenvalue weighted by molar-refractivity contribution is 6.09. The van der Waals surface area contributed by atoms with Crippen molar-refractivity contribution in [2.75, 3.05) is 13.2 Å². The second-order valence-corrected chi connectivity index (χ2v) is 8.07. The topological polar surface area (TPSA) is 87.7 Å². The number of hydrogen-bond acceptors (Lipinski definition) is 4. The zero-order chi connectivity index (χ0) is 20.9. The van der Waals surface area contributed by atoms with Crippen LogP contribution in [0, 0.1) is 5.92 Å². The van der Waals surface area contributed by atoms with Gasteiger partial charge in [-0.2, -0.15) is 0 Å². The molecule has 0 aromatic heterocycles. The van der Waals surface area contributed by atoms with Crippen LogP contribution >= 0.6 is 0 Å². The van der Waals surface area contributed by atoms with Gasteiger partial charge in [0.2, 0.25) is 5.91 Å². The maximum atomic E-state index is 12.9. The summed E-state index contributed by atoms with van der Waals surface area (Å²) in [6.07, 6.45) is 5.58. The Morgan fingerprint density at radius 1 is 1.34 bits per heavy atom. The fourth-order valence-corrected chi connectivity index (χ4v) is 4.12. The molecule has 29 heavy (non-hydrogen) atoms. The van der Waals surface area contributed by atoms with Gasteiger partial charge in [-0.25, -0.2) is 4.79 Å². The Bertz CT molecular complexity index is 766. The molecule has 1 saturated carbocycles. The van der Waals surface area contributed by atoms with Crippen molar-refractivity contribution in [3.8, 4) is 5.75 Å². The van der Waals surface area contributed by atoms with Crippen LogP contribution in [0.5, 0.6) is 5.75 Å². The SMILES string of the molecule is CCCCOc1cccc(CNC(=O)CN2C(=O)NC3(CCCCC3C)C2=O)c1. The third-order valence-corrected chi connectivity index (χ3v) is 5.96. The maximum absolute atomic E-state index is 12.9. The van der Waals surface area contributed by atoms with E-state index in [2.05, 4.69) is 17.6 Å². The molecule has 1 heterocycles. The summed E-state index contributed by atoms with van der Waals surface area (Å²) >= 11 is 0. The van der Waals surface area contributed by atoms with E-state index in [0.29, 0.717) is 19.6 Å². The molecule has 158 valence electrons. The number of imide groups is 1. The molecule has 1 aliphatic heterocycles. The Labute approximate surface area is 172 Å². The minimum atomic E-state index is -0.834. The highest BCUT2D eigenvalue weighted by Crippen LogP contribution is 2.38. The van der Waals surface area contributed by atoms with Gasteiger partial charge in [0, 0.05) is 6.54 Å². The summed E-state index contributed by atoms with van der Waals surface area (Å²) in [4.78, 5) is 38.8. The van der Waals surface area contributed by atoms with Crippen molar-refractivity contribution in [2.24, 2.45) is 5.92 Å². The summed E-state index contributed by atoms with van der Waals surface area (Å²) < 4.78 is 5.68. The molecule has 2 aliphatic rings. The van der Waals surface area contributed by atoms with Crippen molar-refractivity contribution in [1.29, 1.82) is 0 Å². The summed E-state index contributed by atoms with van der Waals surface area (Å²) in [6.45, 7) is 4.83. The fraction of sp³-hybridized carbons (Fsp3) is 0.591. The first-order chi connectivity index (χ1) is 14.0. The zero-order valence-corrected chi connectivity index (χ0v) is 17.3. The number of nitrogens with zero attached hydrogens (tertiary/aromatic N) is 1. The average molecular weight is 402 g/mol. The summed E-state index contributed by atoms with van der Waals surface area (Å²) in [7, 11) is 0. The Morgan fingerprint density at radius 3 is 2.93 bits per heavy atom. The van der Waals surface area contributed by atoms with Crippen LogP contribution in [0.2, 0.25) is 0 Å². The Morgan fingerprint density at radius 2 is 2.17 bits per heavy atom. The number of carbonyl (C=O) groups is 3. The molecule has 1 aromatic rings. The van der Waals surface area contributed by atoms with Gasteiger partial charge in [-0.15, -0.1) is 0 Å². The van der Waals surface area contributed by atoms with E-state index < -0.39 is 11.6 Å². The molecule has 7 nitrogen and oxygen atoms in total. The number of nitrogens with one attached hydrogen (secondary N) is 2. The lowest BCUT2D eigenvalue weighted by molar-refractivity contribution is -0.137. The second-order valence-electron chi connectivity index (χ2n) is 8.07. The molecule has 7 heteroatoms. The molecule has 3 rings (SSSR count). The van der Waals surface area contributed by atoms with Crippen molar-refractivity contribution >= 4 is 17.8 Å². The first-order valence-electron chi connectivity index (χ1n) is 10.6. The lowest BCUT2D eigenvalue weighted by Gasteiger charge is -2.36. The molecule has 4 amide bonds. The quantitative estimate of drug-likeness (QED) is 0.518. The number of amides is 4. The minimum absolute atomic E-state index is 0.0798. The third-order valence-electron chi connectivity index (χ3n) is 5.96. The zero-order valence-electron chi connectivity index (χ0n) is 17.3. The number of carbonyl (C=O) groups excluding carboxylic acids is 3. The molecule has 1 aromatic carbocycles. The largest absolute Gasteiger partial charge is 0.494 e. The van der Waals surface area contributed by atoms with Crippen molar-refractivity contribution in [1.82, 2.24) is 15.5 Å². The Hall–Kier alpha value is -2.57. The molecule has 1 aliphatic carbocycles. The Balaban J connectivity index is 1.54.